The first-order valence-corrected chi connectivity index (χ1v) is 7.85. The third-order valence-electron chi connectivity index (χ3n) is 3.99. The Labute approximate surface area is 134 Å². The maximum atomic E-state index is 12.2. The van der Waals surface area contributed by atoms with E-state index in [9.17, 15) is 4.79 Å². The maximum Gasteiger partial charge on any atom is 0.321 e. The number of hydrogen-bond acceptors (Lipinski definition) is 3. The van der Waals surface area contributed by atoms with Crippen LogP contribution in [0.2, 0.25) is 10.0 Å². The van der Waals surface area contributed by atoms with Gasteiger partial charge >= 0.3 is 6.03 Å². The highest BCUT2D eigenvalue weighted by Gasteiger charge is 2.35. The van der Waals surface area contributed by atoms with Crippen LogP contribution in [0.5, 0.6) is 0 Å². The van der Waals surface area contributed by atoms with Crippen molar-refractivity contribution in [2.75, 3.05) is 44.6 Å². The van der Waals surface area contributed by atoms with Gasteiger partial charge in [0.05, 0.1) is 10.7 Å². The summed E-state index contributed by atoms with van der Waals surface area (Å²) in [6.45, 7) is 5.70. The second kappa shape index (κ2) is 6.40. The van der Waals surface area contributed by atoms with Crippen molar-refractivity contribution in [2.24, 2.45) is 0 Å². The van der Waals surface area contributed by atoms with E-state index in [0.717, 1.165) is 39.3 Å². The second-order valence-electron chi connectivity index (χ2n) is 5.40. The maximum absolute atomic E-state index is 12.2. The van der Waals surface area contributed by atoms with Gasteiger partial charge in [-0.25, -0.2) is 4.79 Å². The summed E-state index contributed by atoms with van der Waals surface area (Å²) in [4.78, 5) is 16.4. The molecule has 2 aliphatic heterocycles. The molecular formula is C14H18Cl2N4O. The molecule has 1 aromatic carbocycles. The minimum absolute atomic E-state index is 0.120. The zero-order valence-corrected chi connectivity index (χ0v) is 13.1. The lowest BCUT2D eigenvalue weighted by molar-refractivity contribution is 0.0537. The Balaban J connectivity index is 1.52. The zero-order chi connectivity index (χ0) is 14.8. The van der Waals surface area contributed by atoms with Gasteiger partial charge in [0.25, 0.3) is 0 Å². The van der Waals surface area contributed by atoms with E-state index < -0.39 is 0 Å². The van der Waals surface area contributed by atoms with E-state index in [2.05, 4.69) is 15.5 Å². The Kier molecular flexibility index (Phi) is 4.54. The molecule has 0 radical (unpaired) electrons. The van der Waals surface area contributed by atoms with Crippen molar-refractivity contribution < 1.29 is 4.79 Å². The summed E-state index contributed by atoms with van der Waals surface area (Å²) < 4.78 is 0. The van der Waals surface area contributed by atoms with Crippen LogP contribution in [-0.4, -0.2) is 61.1 Å². The molecule has 0 spiro atoms. The van der Waals surface area contributed by atoms with E-state index in [-0.39, 0.29) is 6.03 Å². The van der Waals surface area contributed by atoms with Gasteiger partial charge in [-0.3, -0.25) is 4.90 Å². The molecule has 114 valence electrons. The van der Waals surface area contributed by atoms with Gasteiger partial charge in [0.15, 0.2) is 0 Å². The van der Waals surface area contributed by atoms with Crippen LogP contribution in [0.15, 0.2) is 18.2 Å². The standard InChI is InChI=1S/C14H18Cl2N4O/c15-10-1-2-12(16)13(7-10)18-14(21)20-8-11(9-20)19-5-3-17-4-6-19/h1-2,7,11,17H,3-6,8-9H2,(H,18,21). The summed E-state index contributed by atoms with van der Waals surface area (Å²) in [5.74, 6) is 0. The molecule has 2 aliphatic rings. The van der Waals surface area contributed by atoms with E-state index in [1.807, 2.05) is 0 Å². The van der Waals surface area contributed by atoms with E-state index in [1.54, 1.807) is 23.1 Å². The lowest BCUT2D eigenvalue weighted by atomic mass is 10.1. The molecule has 0 aliphatic carbocycles. The molecule has 5 nitrogen and oxygen atoms in total. The molecule has 0 unspecified atom stereocenters. The summed E-state index contributed by atoms with van der Waals surface area (Å²) in [6.07, 6.45) is 0. The fourth-order valence-corrected chi connectivity index (χ4v) is 3.02. The largest absolute Gasteiger partial charge is 0.321 e. The smallest absolute Gasteiger partial charge is 0.321 e. The number of urea groups is 1. The molecule has 2 heterocycles. The van der Waals surface area contributed by atoms with Crippen LogP contribution >= 0.6 is 23.2 Å². The Hall–Kier alpha value is -1.01. The van der Waals surface area contributed by atoms with Crippen LogP contribution in [-0.2, 0) is 0 Å². The molecule has 0 saturated carbocycles. The van der Waals surface area contributed by atoms with E-state index in [0.29, 0.717) is 21.8 Å². The van der Waals surface area contributed by atoms with Gasteiger partial charge in [-0.15, -0.1) is 0 Å². The lowest BCUT2D eigenvalue weighted by Gasteiger charge is -2.46. The Morgan fingerprint density at radius 3 is 2.67 bits per heavy atom. The van der Waals surface area contributed by atoms with Crippen molar-refractivity contribution in [3.8, 4) is 0 Å². The van der Waals surface area contributed by atoms with Crippen LogP contribution in [0.25, 0.3) is 0 Å². The van der Waals surface area contributed by atoms with Crippen molar-refractivity contribution in [2.45, 2.75) is 6.04 Å². The summed E-state index contributed by atoms with van der Waals surface area (Å²) in [7, 11) is 0. The van der Waals surface area contributed by atoms with Gasteiger partial charge in [0, 0.05) is 50.3 Å². The van der Waals surface area contributed by atoms with Crippen molar-refractivity contribution >= 4 is 34.9 Å². The van der Waals surface area contributed by atoms with Crippen LogP contribution in [0.4, 0.5) is 10.5 Å². The quantitative estimate of drug-likeness (QED) is 0.874. The monoisotopic (exact) mass is 328 g/mol. The van der Waals surface area contributed by atoms with Gasteiger partial charge < -0.3 is 15.5 Å². The number of halogens is 2. The summed E-state index contributed by atoms with van der Waals surface area (Å²) >= 11 is 12.0. The normalized spacial score (nSPS) is 20.2. The third kappa shape index (κ3) is 3.43. The number of piperazine rings is 1. The predicted molar refractivity (Wildman–Crippen MR) is 85.3 cm³/mol. The summed E-state index contributed by atoms with van der Waals surface area (Å²) in [5, 5.41) is 7.20. The SMILES string of the molecule is O=C(Nc1cc(Cl)ccc1Cl)N1CC(N2CCNCC2)C1. The molecule has 7 heteroatoms. The summed E-state index contributed by atoms with van der Waals surface area (Å²) in [5.41, 5.74) is 0.555. The fraction of sp³-hybridized carbons (Fsp3) is 0.500. The first-order chi connectivity index (χ1) is 10.1. The van der Waals surface area contributed by atoms with Crippen molar-refractivity contribution in [3.63, 3.8) is 0 Å². The van der Waals surface area contributed by atoms with Gasteiger partial charge in [0.2, 0.25) is 0 Å². The van der Waals surface area contributed by atoms with E-state index >= 15 is 0 Å². The van der Waals surface area contributed by atoms with Crippen molar-refractivity contribution in [1.29, 1.82) is 0 Å². The number of carbonyl (C=O) groups excluding carboxylic acids is 1. The molecule has 0 atom stereocenters. The zero-order valence-electron chi connectivity index (χ0n) is 11.6. The van der Waals surface area contributed by atoms with Crippen molar-refractivity contribution in [3.05, 3.63) is 28.2 Å². The predicted octanol–water partition coefficient (Wildman–Crippen LogP) is 2.11. The molecule has 3 rings (SSSR count). The molecule has 2 fully saturated rings. The van der Waals surface area contributed by atoms with Gasteiger partial charge in [0.1, 0.15) is 0 Å². The van der Waals surface area contributed by atoms with Gasteiger partial charge in [-0.2, -0.15) is 0 Å². The Morgan fingerprint density at radius 2 is 1.95 bits per heavy atom. The average molecular weight is 329 g/mol. The van der Waals surface area contributed by atoms with E-state index in [4.69, 9.17) is 23.2 Å². The first-order valence-electron chi connectivity index (χ1n) is 7.09. The number of hydrogen-bond donors (Lipinski definition) is 2. The number of carbonyl (C=O) groups is 1. The second-order valence-corrected chi connectivity index (χ2v) is 6.24. The highest BCUT2D eigenvalue weighted by atomic mass is 35.5. The third-order valence-corrected chi connectivity index (χ3v) is 4.55. The number of nitrogens with zero attached hydrogens (tertiary/aromatic N) is 2. The Morgan fingerprint density at radius 1 is 1.24 bits per heavy atom. The molecule has 0 bridgehead atoms. The highest BCUT2D eigenvalue weighted by Crippen LogP contribution is 2.26. The molecule has 1 aromatic rings. The fourth-order valence-electron chi connectivity index (χ4n) is 2.69. The van der Waals surface area contributed by atoms with Crippen LogP contribution in [0, 0.1) is 0 Å². The molecule has 2 N–H and O–H groups in total. The number of amides is 2. The average Bonchev–Trinajstić information content (AvgIpc) is 2.42. The topological polar surface area (TPSA) is 47.6 Å². The van der Waals surface area contributed by atoms with Crippen molar-refractivity contribution in [1.82, 2.24) is 15.1 Å². The number of nitrogens with one attached hydrogen (secondary N) is 2. The van der Waals surface area contributed by atoms with Gasteiger partial charge in [-0.05, 0) is 18.2 Å². The number of likely N-dealkylation sites (tertiary alicyclic amines) is 1. The lowest BCUT2D eigenvalue weighted by Crippen LogP contribution is -2.64. The number of rotatable bonds is 2. The highest BCUT2D eigenvalue weighted by molar-refractivity contribution is 6.35. The summed E-state index contributed by atoms with van der Waals surface area (Å²) in [6, 6.07) is 5.40. The minimum atomic E-state index is -0.120. The van der Waals surface area contributed by atoms with Gasteiger partial charge in [-0.1, -0.05) is 23.2 Å². The molecule has 2 saturated heterocycles. The molecule has 2 amide bonds. The van der Waals surface area contributed by atoms with E-state index in [1.165, 1.54) is 0 Å². The molecule has 21 heavy (non-hydrogen) atoms. The minimum Gasteiger partial charge on any atom is -0.321 e. The molecule has 0 aromatic heterocycles. The Bertz CT molecular complexity index is 528. The van der Waals surface area contributed by atoms with Crippen LogP contribution < -0.4 is 10.6 Å². The number of benzene rings is 1. The molecular weight excluding hydrogens is 311 g/mol. The van der Waals surface area contributed by atoms with Crippen LogP contribution in [0.3, 0.4) is 0 Å². The first kappa shape index (κ1) is 14.9. The number of anilines is 1. The van der Waals surface area contributed by atoms with Crippen LogP contribution in [0.1, 0.15) is 0 Å².